The Hall–Kier alpha value is -2.62. The van der Waals surface area contributed by atoms with Crippen molar-refractivity contribution in [2.75, 3.05) is 57.1 Å². The minimum atomic E-state index is -0.960. The second kappa shape index (κ2) is 8.29. The molecule has 1 aromatic rings. The molecule has 0 aromatic carbocycles. The number of carboxylic acids is 1. The van der Waals surface area contributed by atoms with Crippen LogP contribution in [-0.4, -0.2) is 78.4 Å². The van der Waals surface area contributed by atoms with Crippen molar-refractivity contribution in [3.05, 3.63) is 12.4 Å². The van der Waals surface area contributed by atoms with Crippen molar-refractivity contribution in [1.29, 1.82) is 0 Å². The number of nitrogens with one attached hydrogen (secondary N) is 1. The standard InChI is InChI=1S/C14H22N6O4/c1-24-5-2-16-14(23)20-4-3-19(7-10(8-20)13(21)22)12-6-11(15)17-9-18-12/h6,9-10H,2-5,7-8H2,1H3,(H,16,23)(H,21,22)(H2,15,17,18)/t10-/m0/s1. The number of carbonyl (C=O) groups excluding carboxylic acids is 1. The second-order valence-corrected chi connectivity index (χ2v) is 5.45. The minimum absolute atomic E-state index is 0.130. The lowest BCUT2D eigenvalue weighted by atomic mass is 10.1. The Labute approximate surface area is 139 Å². The molecule has 1 fully saturated rings. The van der Waals surface area contributed by atoms with E-state index in [4.69, 9.17) is 10.5 Å². The van der Waals surface area contributed by atoms with Crippen molar-refractivity contribution in [3.63, 3.8) is 0 Å². The number of hydrogen-bond donors (Lipinski definition) is 3. The van der Waals surface area contributed by atoms with Gasteiger partial charge in [0.1, 0.15) is 18.0 Å². The number of carboxylic acid groups (broad SMARTS) is 1. The van der Waals surface area contributed by atoms with Crippen molar-refractivity contribution >= 4 is 23.6 Å². The van der Waals surface area contributed by atoms with Crippen LogP contribution in [0.5, 0.6) is 0 Å². The average Bonchev–Trinajstić information content (AvgIpc) is 2.78. The Morgan fingerprint density at radius 2 is 2.21 bits per heavy atom. The molecule has 132 valence electrons. The number of nitrogens with zero attached hydrogens (tertiary/aromatic N) is 4. The SMILES string of the molecule is COCCNC(=O)N1CCN(c2cc(N)ncn2)C[C@H](C(=O)O)C1. The van der Waals surface area contributed by atoms with Gasteiger partial charge in [0.05, 0.1) is 12.5 Å². The Morgan fingerprint density at radius 3 is 2.88 bits per heavy atom. The zero-order valence-corrected chi connectivity index (χ0v) is 13.5. The highest BCUT2D eigenvalue weighted by atomic mass is 16.5. The summed E-state index contributed by atoms with van der Waals surface area (Å²) in [4.78, 5) is 35.0. The smallest absolute Gasteiger partial charge is 0.317 e. The molecule has 4 N–H and O–H groups in total. The molecule has 10 heteroatoms. The fraction of sp³-hybridized carbons (Fsp3) is 0.571. The third-order valence-electron chi connectivity index (χ3n) is 3.74. The van der Waals surface area contributed by atoms with Gasteiger partial charge in [-0.25, -0.2) is 14.8 Å². The monoisotopic (exact) mass is 338 g/mol. The lowest BCUT2D eigenvalue weighted by Crippen LogP contribution is -2.44. The Kier molecular flexibility index (Phi) is 6.13. The highest BCUT2D eigenvalue weighted by Crippen LogP contribution is 2.18. The molecule has 0 bridgehead atoms. The van der Waals surface area contributed by atoms with Crippen LogP contribution in [0.25, 0.3) is 0 Å². The molecule has 1 atom stereocenters. The molecular weight excluding hydrogens is 316 g/mol. The summed E-state index contributed by atoms with van der Waals surface area (Å²) in [7, 11) is 1.55. The number of urea groups is 1. The summed E-state index contributed by atoms with van der Waals surface area (Å²) < 4.78 is 4.89. The molecule has 0 aliphatic carbocycles. The molecule has 2 rings (SSSR count). The number of ether oxygens (including phenoxy) is 1. The largest absolute Gasteiger partial charge is 0.481 e. The van der Waals surface area contributed by atoms with Crippen LogP contribution in [0.3, 0.4) is 0 Å². The van der Waals surface area contributed by atoms with Gasteiger partial charge in [0.2, 0.25) is 0 Å². The van der Waals surface area contributed by atoms with Crippen molar-refractivity contribution in [2.45, 2.75) is 0 Å². The van der Waals surface area contributed by atoms with E-state index in [1.165, 1.54) is 11.2 Å². The van der Waals surface area contributed by atoms with Gasteiger partial charge in [0.25, 0.3) is 0 Å². The van der Waals surface area contributed by atoms with Gasteiger partial charge in [-0.3, -0.25) is 4.79 Å². The number of methoxy groups -OCH3 is 1. The summed E-state index contributed by atoms with van der Waals surface area (Å²) >= 11 is 0. The fourth-order valence-electron chi connectivity index (χ4n) is 2.47. The van der Waals surface area contributed by atoms with E-state index >= 15 is 0 Å². The van der Waals surface area contributed by atoms with Gasteiger partial charge in [-0.2, -0.15) is 0 Å². The summed E-state index contributed by atoms with van der Waals surface area (Å²) in [6.07, 6.45) is 1.33. The number of amides is 2. The zero-order chi connectivity index (χ0) is 17.5. The van der Waals surface area contributed by atoms with E-state index in [-0.39, 0.29) is 19.1 Å². The molecule has 0 spiro atoms. The number of rotatable bonds is 5. The number of carbonyl (C=O) groups is 2. The minimum Gasteiger partial charge on any atom is -0.481 e. The maximum atomic E-state index is 12.2. The predicted octanol–water partition coefficient (Wildman–Crippen LogP) is -0.762. The van der Waals surface area contributed by atoms with Gasteiger partial charge >= 0.3 is 12.0 Å². The second-order valence-electron chi connectivity index (χ2n) is 5.45. The molecule has 1 aromatic heterocycles. The summed E-state index contributed by atoms with van der Waals surface area (Å²) in [6.45, 7) is 1.98. The highest BCUT2D eigenvalue weighted by molar-refractivity contribution is 5.77. The lowest BCUT2D eigenvalue weighted by molar-refractivity contribution is -0.141. The van der Waals surface area contributed by atoms with Gasteiger partial charge < -0.3 is 30.7 Å². The van der Waals surface area contributed by atoms with Gasteiger partial charge in [0, 0.05) is 45.9 Å². The van der Waals surface area contributed by atoms with Gasteiger partial charge in [-0.1, -0.05) is 0 Å². The van der Waals surface area contributed by atoms with E-state index in [1.54, 1.807) is 18.1 Å². The molecule has 1 aliphatic rings. The highest BCUT2D eigenvalue weighted by Gasteiger charge is 2.30. The third kappa shape index (κ3) is 4.69. The quantitative estimate of drug-likeness (QED) is 0.596. The van der Waals surface area contributed by atoms with Crippen molar-refractivity contribution < 1.29 is 19.4 Å². The number of aliphatic carboxylic acids is 1. The van der Waals surface area contributed by atoms with Crippen molar-refractivity contribution in [2.24, 2.45) is 5.92 Å². The molecule has 2 heterocycles. The van der Waals surface area contributed by atoms with Gasteiger partial charge in [-0.15, -0.1) is 0 Å². The lowest BCUT2D eigenvalue weighted by Gasteiger charge is -2.23. The normalized spacial score (nSPS) is 18.1. The number of nitrogens with two attached hydrogens (primary N) is 1. The van der Waals surface area contributed by atoms with E-state index in [9.17, 15) is 14.7 Å². The van der Waals surface area contributed by atoms with E-state index < -0.39 is 11.9 Å². The Balaban J connectivity index is 2.09. The van der Waals surface area contributed by atoms with Gasteiger partial charge in [0.15, 0.2) is 0 Å². The molecule has 0 radical (unpaired) electrons. The maximum Gasteiger partial charge on any atom is 0.317 e. The summed E-state index contributed by atoms with van der Waals surface area (Å²) in [5, 5.41) is 12.1. The molecule has 24 heavy (non-hydrogen) atoms. The molecular formula is C14H22N6O4. The maximum absolute atomic E-state index is 12.2. The van der Waals surface area contributed by atoms with Crippen LogP contribution in [0.15, 0.2) is 12.4 Å². The average molecular weight is 338 g/mol. The molecule has 1 saturated heterocycles. The number of nitrogen functional groups attached to an aromatic ring is 1. The first-order chi connectivity index (χ1) is 11.5. The van der Waals surface area contributed by atoms with Crippen LogP contribution in [0.1, 0.15) is 0 Å². The van der Waals surface area contributed by atoms with Crippen LogP contribution in [0.2, 0.25) is 0 Å². The van der Waals surface area contributed by atoms with Gasteiger partial charge in [-0.05, 0) is 0 Å². The fourth-order valence-corrected chi connectivity index (χ4v) is 2.47. The topological polar surface area (TPSA) is 134 Å². The van der Waals surface area contributed by atoms with Crippen LogP contribution in [0, 0.1) is 5.92 Å². The molecule has 10 nitrogen and oxygen atoms in total. The van der Waals surface area contributed by atoms with E-state index in [1.807, 2.05) is 0 Å². The number of anilines is 2. The van der Waals surface area contributed by atoms with E-state index in [2.05, 4.69) is 15.3 Å². The van der Waals surface area contributed by atoms with E-state index in [0.717, 1.165) is 0 Å². The summed E-state index contributed by atoms with van der Waals surface area (Å²) in [6, 6.07) is 1.29. The van der Waals surface area contributed by atoms with Crippen molar-refractivity contribution in [1.82, 2.24) is 20.2 Å². The van der Waals surface area contributed by atoms with Crippen LogP contribution in [-0.2, 0) is 9.53 Å². The number of hydrogen-bond acceptors (Lipinski definition) is 7. The number of aromatic nitrogens is 2. The zero-order valence-electron chi connectivity index (χ0n) is 13.5. The molecule has 0 unspecified atom stereocenters. The summed E-state index contributed by atoms with van der Waals surface area (Å²) in [5.74, 6) is -0.823. The Bertz CT molecular complexity index is 584. The van der Waals surface area contributed by atoms with Crippen LogP contribution >= 0.6 is 0 Å². The van der Waals surface area contributed by atoms with Crippen LogP contribution in [0.4, 0.5) is 16.4 Å². The first-order valence-electron chi connectivity index (χ1n) is 7.58. The Morgan fingerprint density at radius 1 is 1.42 bits per heavy atom. The first-order valence-corrected chi connectivity index (χ1v) is 7.58. The molecule has 0 saturated carbocycles. The third-order valence-corrected chi connectivity index (χ3v) is 3.74. The van der Waals surface area contributed by atoms with Crippen molar-refractivity contribution in [3.8, 4) is 0 Å². The molecule has 2 amide bonds. The molecule has 1 aliphatic heterocycles. The first kappa shape index (κ1) is 17.7. The van der Waals surface area contributed by atoms with E-state index in [0.29, 0.717) is 37.9 Å². The van der Waals surface area contributed by atoms with Crippen LogP contribution < -0.4 is 16.0 Å². The summed E-state index contributed by atoms with van der Waals surface area (Å²) in [5.41, 5.74) is 5.66. The predicted molar refractivity (Wildman–Crippen MR) is 86.6 cm³/mol.